The van der Waals surface area contributed by atoms with E-state index in [2.05, 4.69) is 283 Å². The molecule has 0 spiro atoms. The van der Waals surface area contributed by atoms with Gasteiger partial charge >= 0.3 is 0 Å². The fourth-order valence-electron chi connectivity index (χ4n) is 16.2. The molecule has 93 heavy (non-hydrogen) atoms. The monoisotopic (exact) mass is 1220 g/mol. The van der Waals surface area contributed by atoms with Gasteiger partial charge in [-0.05, 0) is 159 Å². The standard InChI is InChI=1S/C84H45BN2O4S2/c1-2-18-46(19-3-1)49-42-62-80-63(43-49)87(61-27-17-33-73-79(61)53-23-7-13-31-69(53)91-73)65-45-57(48-37-39-71-59(41-48)51-21-5-11-29-67(51)89-71)77-55-25-9-15-35-75(55)93-84(77)82(65)85(80)81-64(86(62)60-26-16-32-72-78(60)52-22-6-12-30-68(52)90-72)44-56(76-54-24-8-14-34-74(54)92-83(76)81)47-36-38-70-58(40-47)50-20-4-10-28-66(50)88-70/h1-45H. The number of para-hydroxylation sites is 4. The fourth-order valence-corrected chi connectivity index (χ4v) is 18.8. The molecular weight excluding hydrogens is 1180 g/mol. The van der Waals surface area contributed by atoms with Gasteiger partial charge in [0.25, 0.3) is 6.71 Å². The highest BCUT2D eigenvalue weighted by atomic mass is 32.1. The Bertz CT molecular complexity index is 6300. The Morgan fingerprint density at radius 3 is 1.10 bits per heavy atom. The summed E-state index contributed by atoms with van der Waals surface area (Å²) in [5.41, 5.74) is 23.9. The first-order chi connectivity index (χ1) is 46.1. The number of rotatable bonds is 5. The first-order valence-electron chi connectivity index (χ1n) is 31.6. The first kappa shape index (κ1) is 50.2. The molecule has 6 nitrogen and oxygen atoms in total. The van der Waals surface area contributed by atoms with Gasteiger partial charge in [0.05, 0.1) is 22.1 Å². The van der Waals surface area contributed by atoms with Gasteiger partial charge in [0.15, 0.2) is 0 Å². The largest absolute Gasteiger partial charge is 0.456 e. The molecule has 14 aromatic carbocycles. The summed E-state index contributed by atoms with van der Waals surface area (Å²) in [5.74, 6) is 0. The lowest BCUT2D eigenvalue weighted by Crippen LogP contribution is -2.61. The Morgan fingerprint density at radius 1 is 0.237 bits per heavy atom. The van der Waals surface area contributed by atoms with Gasteiger partial charge in [-0.25, -0.2) is 0 Å². The number of thiophene rings is 2. The van der Waals surface area contributed by atoms with Gasteiger partial charge in [0.2, 0.25) is 0 Å². The van der Waals surface area contributed by atoms with Crippen molar-refractivity contribution in [3.8, 4) is 33.4 Å². The number of benzene rings is 14. The predicted octanol–water partition coefficient (Wildman–Crippen LogP) is 23.1. The van der Waals surface area contributed by atoms with Crippen LogP contribution in [0.25, 0.3) is 161 Å². The highest BCUT2D eigenvalue weighted by Gasteiger charge is 2.48. The Hall–Kier alpha value is -11.6. The quantitative estimate of drug-likeness (QED) is 0.160. The third-order valence-corrected chi connectivity index (χ3v) is 22.4. The summed E-state index contributed by atoms with van der Waals surface area (Å²) < 4.78 is 31.9. The van der Waals surface area contributed by atoms with Crippen LogP contribution in [-0.2, 0) is 0 Å². The second-order valence-electron chi connectivity index (χ2n) is 24.8. The van der Waals surface area contributed by atoms with Crippen molar-refractivity contribution in [3.63, 3.8) is 0 Å². The third-order valence-electron chi connectivity index (χ3n) is 20.0. The van der Waals surface area contributed by atoms with E-state index in [0.29, 0.717) is 0 Å². The smallest absolute Gasteiger partial charge is 0.255 e. The number of anilines is 6. The first-order valence-corrected chi connectivity index (χ1v) is 33.2. The zero-order chi connectivity index (χ0) is 60.3. The average molecular weight is 1220 g/mol. The molecule has 430 valence electrons. The van der Waals surface area contributed by atoms with Crippen molar-refractivity contribution in [1.29, 1.82) is 0 Å². The molecule has 9 heteroatoms. The van der Waals surface area contributed by atoms with E-state index in [0.717, 1.165) is 155 Å². The molecule has 0 aliphatic carbocycles. The minimum Gasteiger partial charge on any atom is -0.456 e. The van der Waals surface area contributed by atoms with E-state index >= 15 is 0 Å². The van der Waals surface area contributed by atoms with Crippen molar-refractivity contribution in [2.45, 2.75) is 0 Å². The summed E-state index contributed by atoms with van der Waals surface area (Å²) in [6, 6.07) is 99.9. The third kappa shape index (κ3) is 6.86. The number of nitrogens with zero attached hydrogens (tertiary/aromatic N) is 2. The van der Waals surface area contributed by atoms with Gasteiger partial charge in [-0.2, -0.15) is 0 Å². The zero-order valence-electron chi connectivity index (χ0n) is 49.4. The van der Waals surface area contributed by atoms with Crippen LogP contribution in [0.2, 0.25) is 0 Å². The lowest BCUT2D eigenvalue weighted by atomic mass is 9.33. The van der Waals surface area contributed by atoms with Gasteiger partial charge < -0.3 is 27.5 Å². The molecule has 0 radical (unpaired) electrons. The summed E-state index contributed by atoms with van der Waals surface area (Å²) in [7, 11) is 0. The van der Waals surface area contributed by atoms with Gasteiger partial charge in [0.1, 0.15) is 44.7 Å². The second kappa shape index (κ2) is 18.5. The summed E-state index contributed by atoms with van der Waals surface area (Å²) in [4.78, 5) is 5.25. The maximum Gasteiger partial charge on any atom is 0.255 e. The van der Waals surface area contributed by atoms with Crippen molar-refractivity contribution < 1.29 is 17.7 Å². The van der Waals surface area contributed by atoms with Crippen LogP contribution in [0.5, 0.6) is 0 Å². The molecule has 8 heterocycles. The molecule has 0 unspecified atom stereocenters. The highest BCUT2D eigenvalue weighted by Crippen LogP contribution is 2.56. The van der Waals surface area contributed by atoms with Crippen LogP contribution < -0.4 is 26.2 Å². The van der Waals surface area contributed by atoms with Crippen molar-refractivity contribution in [3.05, 3.63) is 273 Å². The molecule has 0 saturated carbocycles. The van der Waals surface area contributed by atoms with Gasteiger partial charge in [0, 0.05) is 95.4 Å². The molecule has 0 amide bonds. The maximum atomic E-state index is 6.90. The maximum absolute atomic E-state index is 6.90. The van der Waals surface area contributed by atoms with Gasteiger partial charge in [-0.3, -0.25) is 0 Å². The average Bonchev–Trinajstić information content (AvgIpc) is 1.66. The second-order valence-corrected chi connectivity index (χ2v) is 26.9. The van der Waals surface area contributed by atoms with Gasteiger partial charge in [-0.15, -0.1) is 22.7 Å². The molecule has 20 aromatic rings. The Balaban J connectivity index is 0.957. The lowest BCUT2D eigenvalue weighted by molar-refractivity contribution is 0.668. The minimum absolute atomic E-state index is 0.298. The molecule has 0 saturated heterocycles. The molecule has 6 aromatic heterocycles. The van der Waals surface area contributed by atoms with Crippen molar-refractivity contribution in [2.75, 3.05) is 9.80 Å². The summed E-state index contributed by atoms with van der Waals surface area (Å²) >= 11 is 3.83. The predicted molar refractivity (Wildman–Crippen MR) is 392 cm³/mol. The molecule has 0 N–H and O–H groups in total. The van der Waals surface area contributed by atoms with E-state index in [-0.39, 0.29) is 6.71 Å². The molecule has 2 aliphatic rings. The van der Waals surface area contributed by atoms with Gasteiger partial charge in [-0.1, -0.05) is 164 Å². The summed E-state index contributed by atoms with van der Waals surface area (Å²) in [5, 5.41) is 13.6. The summed E-state index contributed by atoms with van der Waals surface area (Å²) in [6.45, 7) is -0.298. The molecule has 0 fully saturated rings. The summed E-state index contributed by atoms with van der Waals surface area (Å²) in [6.07, 6.45) is 0. The van der Waals surface area contributed by atoms with E-state index < -0.39 is 0 Å². The van der Waals surface area contributed by atoms with Crippen LogP contribution in [0.1, 0.15) is 0 Å². The van der Waals surface area contributed by atoms with Crippen molar-refractivity contribution in [1.82, 2.24) is 0 Å². The molecule has 0 atom stereocenters. The zero-order valence-corrected chi connectivity index (χ0v) is 51.0. The van der Waals surface area contributed by atoms with Crippen LogP contribution in [0.4, 0.5) is 34.1 Å². The number of hydrogen-bond donors (Lipinski definition) is 0. The van der Waals surface area contributed by atoms with E-state index in [1.165, 1.54) is 56.7 Å². The topological polar surface area (TPSA) is 59.0 Å². The normalized spacial score (nSPS) is 13.1. The van der Waals surface area contributed by atoms with Crippen molar-refractivity contribution in [2.24, 2.45) is 0 Å². The Labute approximate surface area is 538 Å². The van der Waals surface area contributed by atoms with E-state index in [1.807, 2.05) is 22.7 Å². The molecule has 0 bridgehead atoms. The van der Waals surface area contributed by atoms with Crippen molar-refractivity contribution >= 4 is 208 Å². The fraction of sp³-hybridized carbons (Fsp3) is 0. The van der Waals surface area contributed by atoms with Crippen LogP contribution in [-0.4, -0.2) is 6.71 Å². The van der Waals surface area contributed by atoms with Crippen LogP contribution in [0.15, 0.2) is 291 Å². The van der Waals surface area contributed by atoms with Crippen LogP contribution >= 0.6 is 22.7 Å². The SMILES string of the molecule is c1ccc(-c2cc3c4c(c2)N(c2cccc5oc6ccccc6c25)c2cc(-c5ccc6oc7ccccc7c6c5)c5c(sc6ccccc65)c2B4c2c(cc(-c4ccc5oc6ccccc6c5c4)c4c2sc2ccccc24)N3c2cccc3oc4ccccc4c23)cc1. The number of fused-ring (bicyclic) bond motifs is 24. The number of hydrogen-bond acceptors (Lipinski definition) is 8. The Morgan fingerprint density at radius 2 is 0.613 bits per heavy atom. The van der Waals surface area contributed by atoms with E-state index in [4.69, 9.17) is 17.7 Å². The van der Waals surface area contributed by atoms with E-state index in [1.54, 1.807) is 0 Å². The number of furan rings is 4. The Kier molecular flexibility index (Phi) is 9.99. The lowest BCUT2D eigenvalue weighted by Gasteiger charge is -2.45. The molecule has 2 aliphatic heterocycles. The van der Waals surface area contributed by atoms with Crippen LogP contribution in [0, 0.1) is 0 Å². The molecule has 22 rings (SSSR count). The van der Waals surface area contributed by atoms with E-state index in [9.17, 15) is 0 Å². The highest BCUT2D eigenvalue weighted by molar-refractivity contribution is 7.30. The molecular formula is C84H45BN2O4S2. The minimum atomic E-state index is -0.298. The van der Waals surface area contributed by atoms with Crippen LogP contribution in [0.3, 0.4) is 0 Å².